The molecule has 1 rings (SSSR count). The van der Waals surface area contributed by atoms with Gasteiger partial charge in [-0.1, -0.05) is 0 Å². The third kappa shape index (κ3) is 42.6. The summed E-state index contributed by atoms with van der Waals surface area (Å²) in [6, 6.07) is 3.96. The molecule has 0 N–H and O–H groups in total. The van der Waals surface area contributed by atoms with Crippen LogP contribution in [0.3, 0.4) is 0 Å². The summed E-state index contributed by atoms with van der Waals surface area (Å²) < 4.78 is 0. The molecule has 0 aliphatic rings. The largest absolute Gasteiger partial charge is 0.358 e. The quantitative estimate of drug-likeness (QED) is 0.486. The van der Waals surface area contributed by atoms with Gasteiger partial charge >= 0.3 is 0 Å². The van der Waals surface area contributed by atoms with E-state index in [1.165, 1.54) is 0 Å². The zero-order valence-corrected chi connectivity index (χ0v) is 13.5. The minimum atomic E-state index is 0. The first-order valence-corrected chi connectivity index (χ1v) is 2.57. The molecule has 0 saturated heterocycles. The third-order valence-electron chi connectivity index (χ3n) is 0.442. The summed E-state index contributed by atoms with van der Waals surface area (Å²) in [5, 5.41) is 0. The second kappa shape index (κ2) is 50.4. The van der Waals surface area contributed by atoms with Gasteiger partial charge in [-0.2, -0.15) is 17.7 Å². The van der Waals surface area contributed by atoms with Crippen LogP contribution in [0.25, 0.3) is 0 Å². The monoisotopic (exact) mass is 299 g/mol. The maximum absolute atomic E-state index is 3.01. The van der Waals surface area contributed by atoms with E-state index < -0.39 is 0 Å². The fourth-order valence-corrected chi connectivity index (χ4v) is 0.722. The molecule has 0 nitrogen and oxygen atoms in total. The fourth-order valence-electron chi connectivity index (χ4n) is 0.241. The van der Waals surface area contributed by atoms with E-state index in [1.807, 2.05) is 12.1 Å². The first-order valence-electron chi connectivity index (χ1n) is 1.49. The minimum absolute atomic E-state index is 0. The molecule has 0 fully saturated rings. The molecular formula is C8H19Cl3PTi-5. The Morgan fingerprint density at radius 3 is 1.31 bits per heavy atom. The average molecular weight is 300 g/mol. The Balaban J connectivity index is -0.00000000521. The number of hydrogen-bond donors (Lipinski definition) is 0. The third-order valence-corrected chi connectivity index (χ3v) is 1.13. The summed E-state index contributed by atoms with van der Waals surface area (Å²) in [6.07, 6.45) is 0. The van der Waals surface area contributed by atoms with Crippen LogP contribution in [-0.4, -0.2) is 0 Å². The van der Waals surface area contributed by atoms with Gasteiger partial charge in [-0.25, -0.2) is 6.07 Å². The molecule has 13 heavy (non-hydrogen) atoms. The molecule has 0 radical (unpaired) electrons. The molecule has 0 amide bonds. The van der Waals surface area contributed by atoms with Gasteiger partial charge in [0.15, 0.2) is 0 Å². The van der Waals surface area contributed by atoms with Crippen molar-refractivity contribution >= 4 is 45.4 Å². The molecule has 0 aromatic carbocycles. The van der Waals surface area contributed by atoms with E-state index in [0.717, 1.165) is 8.19 Å². The second-order valence-electron chi connectivity index (χ2n) is 0.814. The van der Waals surface area contributed by atoms with Gasteiger partial charge in [0.2, 0.25) is 0 Å². The van der Waals surface area contributed by atoms with Gasteiger partial charge < -0.3 is 29.7 Å². The molecule has 0 aliphatic carbocycles. The van der Waals surface area contributed by atoms with Crippen LogP contribution < -0.4 is 0 Å². The van der Waals surface area contributed by atoms with Crippen molar-refractivity contribution < 1.29 is 21.7 Å². The molecule has 1 aromatic heterocycles. The Morgan fingerprint density at radius 2 is 1.23 bits per heavy atom. The second-order valence-corrected chi connectivity index (χ2v) is 1.73. The Kier molecular flexibility index (Phi) is 246. The zero-order chi connectivity index (χ0) is 3.54. The van der Waals surface area contributed by atoms with Crippen molar-refractivity contribution in [1.29, 1.82) is 0 Å². The molecule has 1 unspecified atom stereocenters. The molecule has 86 valence electrons. The summed E-state index contributed by atoms with van der Waals surface area (Å²) in [6.45, 7) is 0. The summed E-state index contributed by atoms with van der Waals surface area (Å²) in [4.78, 5) is 0. The minimum Gasteiger partial charge on any atom is -0.358 e. The first kappa shape index (κ1) is 63.3. The average Bonchev–Trinajstić information content (AvgIpc) is 1.76. The summed E-state index contributed by atoms with van der Waals surface area (Å²) in [5.41, 5.74) is 0. The van der Waals surface area contributed by atoms with Crippen LogP contribution in [0.15, 0.2) is 17.9 Å². The van der Waals surface area contributed by atoms with Gasteiger partial charge in [0.25, 0.3) is 0 Å². The van der Waals surface area contributed by atoms with Crippen LogP contribution in [0.5, 0.6) is 0 Å². The van der Waals surface area contributed by atoms with Crippen LogP contribution >= 0.6 is 45.4 Å². The van der Waals surface area contributed by atoms with Crippen LogP contribution in [0.2, 0.25) is 0 Å². The van der Waals surface area contributed by atoms with Crippen LogP contribution in [0.1, 0.15) is 0 Å². The molecule has 0 saturated carbocycles. The number of hydrogen-bond acceptors (Lipinski definition) is 0. The van der Waals surface area contributed by atoms with Gasteiger partial charge in [-0.15, -0.1) is 37.2 Å². The van der Waals surface area contributed by atoms with Crippen molar-refractivity contribution in [3.8, 4) is 0 Å². The van der Waals surface area contributed by atoms with Gasteiger partial charge in [0.05, 0.1) is 0 Å². The van der Waals surface area contributed by atoms with Gasteiger partial charge in [-0.3, -0.25) is 8.19 Å². The van der Waals surface area contributed by atoms with E-state index in [4.69, 9.17) is 0 Å². The van der Waals surface area contributed by atoms with Gasteiger partial charge in [-0.05, 0) is 0 Å². The SMILES string of the molecule is Cl.Cl.Cl.[CH3-].[CH3-].[CH3-].[CH3-].[Ti].[c-]1ccc[pH]1. The summed E-state index contributed by atoms with van der Waals surface area (Å²) in [5.74, 6) is 5.11. The van der Waals surface area contributed by atoms with E-state index in [0.29, 0.717) is 0 Å². The van der Waals surface area contributed by atoms with Gasteiger partial charge in [0, 0.05) is 21.7 Å². The van der Waals surface area contributed by atoms with E-state index >= 15 is 0 Å². The Morgan fingerprint density at radius 1 is 0.846 bits per heavy atom. The number of halogens is 3. The molecule has 5 heteroatoms. The molecular weight excluding hydrogens is 281 g/mol. The molecule has 0 spiro atoms. The molecule has 0 bridgehead atoms. The van der Waals surface area contributed by atoms with Crippen molar-refractivity contribution in [2.75, 3.05) is 0 Å². The standard InChI is InChI=1S/C4H4P.4CH3.3ClH.Ti/c1-2-4-5-3-1;;;;;;;;/h1-3,5H;4*1H3;3*1H;/q5*-1;;;;. The topological polar surface area (TPSA) is 0 Å². The van der Waals surface area contributed by atoms with E-state index in [9.17, 15) is 0 Å². The molecule has 1 aromatic rings. The zero-order valence-electron chi connectivity index (χ0n) is 8.46. The normalized spacial score (nSPS) is 3.69. The van der Waals surface area contributed by atoms with E-state index in [-0.39, 0.29) is 88.6 Å². The van der Waals surface area contributed by atoms with Crippen LogP contribution in [-0.2, 0) is 21.7 Å². The Bertz CT molecular complexity index is 75.9. The Labute approximate surface area is 120 Å². The predicted octanol–water partition coefficient (Wildman–Crippen LogP) is 4.58. The van der Waals surface area contributed by atoms with E-state index in [2.05, 4.69) is 11.6 Å². The Hall–Kier alpha value is 1.36. The van der Waals surface area contributed by atoms with Crippen molar-refractivity contribution in [1.82, 2.24) is 0 Å². The van der Waals surface area contributed by atoms with Crippen molar-refractivity contribution in [3.63, 3.8) is 0 Å². The summed E-state index contributed by atoms with van der Waals surface area (Å²) >= 11 is 0. The van der Waals surface area contributed by atoms with E-state index in [1.54, 1.807) is 0 Å². The smallest absolute Gasteiger partial charge is 0 e. The molecule has 1 atom stereocenters. The van der Waals surface area contributed by atoms with Crippen molar-refractivity contribution in [2.24, 2.45) is 0 Å². The summed E-state index contributed by atoms with van der Waals surface area (Å²) in [7, 11) is 0.823. The van der Waals surface area contributed by atoms with Crippen molar-refractivity contribution in [2.45, 2.75) is 0 Å². The maximum Gasteiger partial charge on any atom is 0 e. The van der Waals surface area contributed by atoms with Crippen LogP contribution in [0, 0.1) is 35.5 Å². The first-order chi connectivity index (χ1) is 2.50. The number of rotatable bonds is 0. The van der Waals surface area contributed by atoms with Crippen LogP contribution in [0.4, 0.5) is 0 Å². The predicted molar refractivity (Wildman–Crippen MR) is 72.2 cm³/mol. The maximum atomic E-state index is 3.01. The van der Waals surface area contributed by atoms with Crippen molar-refractivity contribution in [3.05, 3.63) is 53.4 Å². The molecule has 0 aliphatic heterocycles. The fraction of sp³-hybridized carbons (Fsp3) is 0. The van der Waals surface area contributed by atoms with Gasteiger partial charge in [0.1, 0.15) is 0 Å². The molecule has 1 heterocycles.